The number of aliphatic hydroxyl groups is 2. The lowest BCUT2D eigenvalue weighted by molar-refractivity contribution is -0.151. The van der Waals surface area contributed by atoms with Crippen molar-refractivity contribution in [2.24, 2.45) is 0 Å². The Morgan fingerprint density at radius 3 is 0.924 bits per heavy atom. The summed E-state index contributed by atoms with van der Waals surface area (Å²) in [6, 6.07) is -0.693. The first kappa shape index (κ1) is 64.9. The normalized spacial score (nSPS) is 13.0. The minimum atomic E-state index is -0.781. The largest absolute Gasteiger partial charge is 0.462 e. The molecule has 3 unspecified atom stereocenters. The van der Waals surface area contributed by atoms with Gasteiger partial charge in [-0.1, -0.05) is 310 Å². The van der Waals surface area contributed by atoms with E-state index in [1.54, 1.807) is 0 Å². The van der Waals surface area contributed by atoms with E-state index in [0.29, 0.717) is 19.3 Å². The monoisotopic (exact) mass is 934 g/mol. The Balaban J connectivity index is 4.46. The predicted octanol–water partition coefficient (Wildman–Crippen LogP) is 18.7. The number of aliphatic hydroxyl groups excluding tert-OH is 2. The number of hydrogen-bond donors (Lipinski definition) is 3. The third kappa shape index (κ3) is 49.3. The zero-order chi connectivity index (χ0) is 48.1. The van der Waals surface area contributed by atoms with Crippen LogP contribution in [-0.2, 0) is 14.3 Å². The highest BCUT2D eigenvalue weighted by atomic mass is 16.5. The number of esters is 1. The van der Waals surface area contributed by atoms with Crippen molar-refractivity contribution in [2.45, 2.75) is 366 Å². The Morgan fingerprint density at radius 2 is 0.636 bits per heavy atom. The first-order valence-corrected chi connectivity index (χ1v) is 30.3. The van der Waals surface area contributed by atoms with E-state index >= 15 is 0 Å². The van der Waals surface area contributed by atoms with Crippen LogP contribution >= 0.6 is 0 Å². The van der Waals surface area contributed by atoms with Gasteiger partial charge in [0.1, 0.15) is 6.10 Å². The van der Waals surface area contributed by atoms with E-state index in [4.69, 9.17) is 4.74 Å². The van der Waals surface area contributed by atoms with Crippen LogP contribution in [0.3, 0.4) is 0 Å². The van der Waals surface area contributed by atoms with Crippen LogP contribution in [-0.4, -0.2) is 46.9 Å². The molecule has 394 valence electrons. The number of ether oxygens (including phenoxy) is 1. The number of unbranched alkanes of at least 4 members (excludes halogenated alkanes) is 44. The highest BCUT2D eigenvalue weighted by molar-refractivity contribution is 5.77. The Kier molecular flexibility index (Phi) is 53.8. The molecule has 1 amide bonds. The van der Waals surface area contributed by atoms with Crippen molar-refractivity contribution >= 4 is 11.9 Å². The molecule has 0 spiro atoms. The second kappa shape index (κ2) is 54.8. The smallest absolute Gasteiger partial charge is 0.306 e. The van der Waals surface area contributed by atoms with Crippen LogP contribution in [0.15, 0.2) is 0 Å². The Hall–Kier alpha value is -1.14. The summed E-state index contributed by atoms with van der Waals surface area (Å²) in [4.78, 5) is 26.3. The summed E-state index contributed by atoms with van der Waals surface area (Å²) in [5.41, 5.74) is 0. The maximum atomic E-state index is 13.3. The van der Waals surface area contributed by atoms with E-state index in [2.05, 4.69) is 26.1 Å². The maximum absolute atomic E-state index is 13.3. The van der Waals surface area contributed by atoms with Gasteiger partial charge in [0.2, 0.25) is 5.91 Å². The molecule has 66 heavy (non-hydrogen) atoms. The lowest BCUT2D eigenvalue weighted by Gasteiger charge is -2.24. The van der Waals surface area contributed by atoms with Crippen molar-refractivity contribution < 1.29 is 24.5 Å². The minimum Gasteiger partial charge on any atom is -0.462 e. The first-order valence-electron chi connectivity index (χ1n) is 30.3. The zero-order valence-corrected chi connectivity index (χ0v) is 45.1. The number of carbonyl (C=O) groups is 2. The summed E-state index contributed by atoms with van der Waals surface area (Å²) in [5, 5.41) is 23.9. The van der Waals surface area contributed by atoms with Gasteiger partial charge in [-0.25, -0.2) is 0 Å². The van der Waals surface area contributed by atoms with Crippen LogP contribution in [0.4, 0.5) is 0 Å². The molecular weight excluding hydrogens is 815 g/mol. The molecule has 0 fully saturated rings. The van der Waals surface area contributed by atoms with Crippen molar-refractivity contribution in [3.05, 3.63) is 0 Å². The average molecular weight is 935 g/mol. The predicted molar refractivity (Wildman–Crippen MR) is 287 cm³/mol. The molecule has 0 aliphatic rings. The number of nitrogens with one attached hydrogen (secondary N) is 1. The summed E-state index contributed by atoms with van der Waals surface area (Å²) < 4.78 is 5.97. The van der Waals surface area contributed by atoms with Crippen LogP contribution in [0.2, 0.25) is 0 Å². The Bertz CT molecular complexity index is 959. The topological polar surface area (TPSA) is 95.9 Å². The lowest BCUT2D eigenvalue weighted by atomic mass is 10.0. The molecule has 6 heteroatoms. The van der Waals surface area contributed by atoms with E-state index in [0.717, 1.165) is 38.5 Å². The summed E-state index contributed by atoms with van der Waals surface area (Å²) >= 11 is 0. The van der Waals surface area contributed by atoms with E-state index < -0.39 is 18.2 Å². The molecule has 0 bridgehead atoms. The Labute approximate surface area is 413 Å². The number of carbonyl (C=O) groups excluding carboxylic acids is 2. The van der Waals surface area contributed by atoms with Gasteiger partial charge in [-0.15, -0.1) is 0 Å². The van der Waals surface area contributed by atoms with Crippen molar-refractivity contribution in [1.82, 2.24) is 5.32 Å². The lowest BCUT2D eigenvalue weighted by Crippen LogP contribution is -2.46. The molecule has 3 N–H and O–H groups in total. The van der Waals surface area contributed by atoms with Gasteiger partial charge in [0.05, 0.1) is 25.2 Å². The molecule has 0 aromatic carbocycles. The number of rotatable bonds is 56. The van der Waals surface area contributed by atoms with Gasteiger partial charge in [-0.2, -0.15) is 0 Å². The van der Waals surface area contributed by atoms with E-state index in [-0.39, 0.29) is 24.9 Å². The molecule has 0 aromatic rings. The third-order valence-electron chi connectivity index (χ3n) is 14.4. The first-order chi connectivity index (χ1) is 32.5. The maximum Gasteiger partial charge on any atom is 0.306 e. The van der Waals surface area contributed by atoms with Crippen LogP contribution in [0.1, 0.15) is 348 Å². The van der Waals surface area contributed by atoms with E-state index in [1.807, 2.05) is 0 Å². The molecule has 0 saturated heterocycles. The second-order valence-corrected chi connectivity index (χ2v) is 21.1. The molecule has 0 aliphatic heterocycles. The number of hydrogen-bond acceptors (Lipinski definition) is 5. The highest BCUT2D eigenvalue weighted by Crippen LogP contribution is 2.20. The van der Waals surface area contributed by atoms with Gasteiger partial charge in [0, 0.05) is 6.42 Å². The Morgan fingerprint density at radius 1 is 0.379 bits per heavy atom. The van der Waals surface area contributed by atoms with Crippen LogP contribution in [0.25, 0.3) is 0 Å². The van der Waals surface area contributed by atoms with Gasteiger partial charge in [-0.3, -0.25) is 9.59 Å². The van der Waals surface area contributed by atoms with Crippen LogP contribution in [0.5, 0.6) is 0 Å². The summed E-state index contributed by atoms with van der Waals surface area (Å²) in [6.45, 7) is 6.54. The van der Waals surface area contributed by atoms with E-state index in [9.17, 15) is 19.8 Å². The summed E-state index contributed by atoms with van der Waals surface area (Å²) in [5.74, 6) is -0.443. The van der Waals surface area contributed by atoms with Crippen molar-refractivity contribution in [1.29, 1.82) is 0 Å². The van der Waals surface area contributed by atoms with Crippen molar-refractivity contribution in [2.75, 3.05) is 6.61 Å². The van der Waals surface area contributed by atoms with Gasteiger partial charge in [-0.05, 0) is 25.7 Å². The second-order valence-electron chi connectivity index (χ2n) is 21.1. The van der Waals surface area contributed by atoms with E-state index in [1.165, 1.54) is 263 Å². The molecule has 0 saturated carbocycles. The fraction of sp³-hybridized carbons (Fsp3) is 0.967. The molecule has 0 rings (SSSR count). The fourth-order valence-electron chi connectivity index (χ4n) is 9.85. The molecular formula is C60H119NO5. The third-order valence-corrected chi connectivity index (χ3v) is 14.4. The molecule has 0 heterocycles. The standard InChI is InChI=1S/C60H119NO5/c1-4-7-10-13-16-19-22-25-27-29-31-34-36-39-42-45-48-51-56(66-60(65)53-50-47-44-41-38-33-24-21-18-15-12-9-6-3)54-59(64)61-57(55-62)58(63)52-49-46-43-40-37-35-32-30-28-26-23-20-17-14-11-8-5-2/h56-58,62-63H,4-55H2,1-3H3,(H,61,64). The minimum absolute atomic E-state index is 0.0888. The van der Waals surface area contributed by atoms with Crippen LogP contribution in [0, 0.1) is 0 Å². The number of amides is 1. The summed E-state index contributed by atoms with van der Waals surface area (Å²) in [6.07, 6.45) is 61.7. The zero-order valence-electron chi connectivity index (χ0n) is 45.1. The molecule has 6 nitrogen and oxygen atoms in total. The molecule has 0 aliphatic carbocycles. The quantitative estimate of drug-likeness (QED) is 0.0417. The van der Waals surface area contributed by atoms with Crippen molar-refractivity contribution in [3.63, 3.8) is 0 Å². The molecule has 3 atom stereocenters. The van der Waals surface area contributed by atoms with Crippen molar-refractivity contribution in [3.8, 4) is 0 Å². The molecule has 0 aromatic heterocycles. The average Bonchev–Trinajstić information content (AvgIpc) is 3.31. The molecule has 0 radical (unpaired) electrons. The van der Waals surface area contributed by atoms with Gasteiger partial charge in [0.15, 0.2) is 0 Å². The summed E-state index contributed by atoms with van der Waals surface area (Å²) in [7, 11) is 0. The van der Waals surface area contributed by atoms with Gasteiger partial charge in [0.25, 0.3) is 0 Å². The highest BCUT2D eigenvalue weighted by Gasteiger charge is 2.24. The van der Waals surface area contributed by atoms with Gasteiger partial charge < -0.3 is 20.3 Å². The SMILES string of the molecule is CCCCCCCCCCCCCCCCCCCC(CC(=O)NC(CO)C(O)CCCCCCCCCCCCCCCCCCC)OC(=O)CCCCCCCCCCCCCCC. The fourth-order valence-corrected chi connectivity index (χ4v) is 9.85. The van der Waals surface area contributed by atoms with Crippen LogP contribution < -0.4 is 5.32 Å². The van der Waals surface area contributed by atoms with Gasteiger partial charge >= 0.3 is 5.97 Å².